The Morgan fingerprint density at radius 2 is 1.94 bits per heavy atom. The van der Waals surface area contributed by atoms with Crippen LogP contribution in [0.25, 0.3) is 0 Å². The maximum absolute atomic E-state index is 4.31. The van der Waals surface area contributed by atoms with Gasteiger partial charge in [0.25, 0.3) is 0 Å². The van der Waals surface area contributed by atoms with Crippen LogP contribution in [-0.4, -0.2) is 9.55 Å². The SMILES string of the molecule is CC(C)n1ccnc1Nc1ccc(I)cc1. The Labute approximate surface area is 109 Å². The lowest BCUT2D eigenvalue weighted by Crippen LogP contribution is -2.05. The Bertz CT molecular complexity index is 459. The Morgan fingerprint density at radius 1 is 1.25 bits per heavy atom. The molecule has 1 aromatic carbocycles. The molecule has 0 radical (unpaired) electrons. The van der Waals surface area contributed by atoms with Crippen LogP contribution < -0.4 is 5.32 Å². The van der Waals surface area contributed by atoms with Crippen LogP contribution in [0.1, 0.15) is 19.9 Å². The van der Waals surface area contributed by atoms with Crippen molar-refractivity contribution in [1.29, 1.82) is 0 Å². The minimum absolute atomic E-state index is 0.411. The normalized spacial score (nSPS) is 10.8. The average molecular weight is 327 g/mol. The van der Waals surface area contributed by atoms with Crippen molar-refractivity contribution in [3.63, 3.8) is 0 Å². The number of nitrogens with zero attached hydrogens (tertiary/aromatic N) is 2. The lowest BCUT2D eigenvalue weighted by atomic mass is 10.3. The highest BCUT2D eigenvalue weighted by Gasteiger charge is 2.05. The summed E-state index contributed by atoms with van der Waals surface area (Å²) in [5, 5.41) is 3.31. The molecule has 0 fully saturated rings. The zero-order valence-electron chi connectivity index (χ0n) is 9.31. The number of aromatic nitrogens is 2. The molecule has 0 saturated carbocycles. The van der Waals surface area contributed by atoms with E-state index in [1.165, 1.54) is 3.57 Å². The summed E-state index contributed by atoms with van der Waals surface area (Å²) in [6.07, 6.45) is 3.80. The van der Waals surface area contributed by atoms with Crippen LogP contribution in [0.3, 0.4) is 0 Å². The second kappa shape index (κ2) is 4.86. The zero-order valence-corrected chi connectivity index (χ0v) is 11.5. The highest BCUT2D eigenvalue weighted by Crippen LogP contribution is 2.19. The topological polar surface area (TPSA) is 29.9 Å². The summed E-state index contributed by atoms with van der Waals surface area (Å²) in [5.41, 5.74) is 1.06. The fraction of sp³-hybridized carbons (Fsp3) is 0.250. The van der Waals surface area contributed by atoms with Crippen LogP contribution in [0.5, 0.6) is 0 Å². The maximum atomic E-state index is 4.31. The van der Waals surface area contributed by atoms with Gasteiger partial charge in [0.1, 0.15) is 0 Å². The molecule has 3 nitrogen and oxygen atoms in total. The fourth-order valence-electron chi connectivity index (χ4n) is 1.49. The lowest BCUT2D eigenvalue weighted by Gasteiger charge is -2.12. The molecule has 0 aliphatic rings. The molecular weight excluding hydrogens is 313 g/mol. The van der Waals surface area contributed by atoms with Crippen molar-refractivity contribution in [1.82, 2.24) is 9.55 Å². The summed E-state index contributed by atoms with van der Waals surface area (Å²) in [5.74, 6) is 0.885. The van der Waals surface area contributed by atoms with Gasteiger partial charge in [-0.25, -0.2) is 4.98 Å². The van der Waals surface area contributed by atoms with E-state index in [2.05, 4.69) is 75.6 Å². The van der Waals surface area contributed by atoms with Crippen molar-refractivity contribution < 1.29 is 0 Å². The van der Waals surface area contributed by atoms with Crippen LogP contribution >= 0.6 is 22.6 Å². The predicted octanol–water partition coefficient (Wildman–Crippen LogP) is 3.81. The summed E-state index contributed by atoms with van der Waals surface area (Å²) in [6, 6.07) is 8.67. The van der Waals surface area contributed by atoms with E-state index in [0.717, 1.165) is 11.6 Å². The van der Waals surface area contributed by atoms with E-state index in [1.54, 1.807) is 0 Å². The van der Waals surface area contributed by atoms with E-state index in [1.807, 2.05) is 12.4 Å². The van der Waals surface area contributed by atoms with Crippen molar-refractivity contribution in [2.24, 2.45) is 0 Å². The Morgan fingerprint density at radius 3 is 2.56 bits per heavy atom. The van der Waals surface area contributed by atoms with Gasteiger partial charge in [-0.1, -0.05) is 0 Å². The third kappa shape index (κ3) is 2.55. The summed E-state index contributed by atoms with van der Waals surface area (Å²) in [4.78, 5) is 4.31. The molecule has 1 aromatic heterocycles. The first-order chi connectivity index (χ1) is 7.66. The highest BCUT2D eigenvalue weighted by atomic mass is 127. The molecule has 16 heavy (non-hydrogen) atoms. The number of halogens is 1. The minimum atomic E-state index is 0.411. The third-order valence-corrected chi connectivity index (χ3v) is 3.04. The number of imidazole rings is 1. The molecule has 0 bridgehead atoms. The molecule has 84 valence electrons. The fourth-order valence-corrected chi connectivity index (χ4v) is 1.85. The minimum Gasteiger partial charge on any atom is -0.326 e. The van der Waals surface area contributed by atoms with E-state index in [0.29, 0.717) is 6.04 Å². The molecule has 1 heterocycles. The van der Waals surface area contributed by atoms with E-state index in [-0.39, 0.29) is 0 Å². The number of nitrogens with one attached hydrogen (secondary N) is 1. The van der Waals surface area contributed by atoms with Gasteiger partial charge in [-0.2, -0.15) is 0 Å². The van der Waals surface area contributed by atoms with Crippen molar-refractivity contribution >= 4 is 34.2 Å². The van der Waals surface area contributed by atoms with Crippen LogP contribution in [0.4, 0.5) is 11.6 Å². The molecule has 2 rings (SSSR count). The van der Waals surface area contributed by atoms with Gasteiger partial charge in [0.05, 0.1) is 0 Å². The molecule has 1 N–H and O–H groups in total. The van der Waals surface area contributed by atoms with Crippen molar-refractivity contribution in [3.05, 3.63) is 40.2 Å². The van der Waals surface area contributed by atoms with E-state index < -0.39 is 0 Å². The quantitative estimate of drug-likeness (QED) is 0.869. The molecular formula is C12H14IN3. The van der Waals surface area contributed by atoms with E-state index >= 15 is 0 Å². The smallest absolute Gasteiger partial charge is 0.207 e. The van der Waals surface area contributed by atoms with Gasteiger partial charge in [-0.3, -0.25) is 0 Å². The molecule has 0 spiro atoms. The van der Waals surface area contributed by atoms with Gasteiger partial charge < -0.3 is 9.88 Å². The van der Waals surface area contributed by atoms with Crippen LogP contribution in [-0.2, 0) is 0 Å². The van der Waals surface area contributed by atoms with Crippen molar-refractivity contribution in [2.45, 2.75) is 19.9 Å². The molecule has 2 aromatic rings. The number of hydrogen-bond donors (Lipinski definition) is 1. The number of hydrogen-bond acceptors (Lipinski definition) is 2. The molecule has 0 amide bonds. The lowest BCUT2D eigenvalue weighted by molar-refractivity contribution is 0.608. The Kier molecular flexibility index (Phi) is 3.48. The Balaban J connectivity index is 2.20. The first kappa shape index (κ1) is 11.4. The summed E-state index contributed by atoms with van der Waals surface area (Å²) < 4.78 is 3.34. The molecule has 0 atom stereocenters. The summed E-state index contributed by atoms with van der Waals surface area (Å²) >= 11 is 2.30. The van der Waals surface area contributed by atoms with Gasteiger partial charge in [0, 0.05) is 27.7 Å². The van der Waals surface area contributed by atoms with Gasteiger partial charge in [-0.15, -0.1) is 0 Å². The molecule has 0 saturated heterocycles. The van der Waals surface area contributed by atoms with Gasteiger partial charge in [-0.05, 0) is 60.7 Å². The molecule has 0 aliphatic heterocycles. The van der Waals surface area contributed by atoms with Crippen LogP contribution in [0, 0.1) is 3.57 Å². The first-order valence-electron chi connectivity index (χ1n) is 5.22. The van der Waals surface area contributed by atoms with Crippen LogP contribution in [0.2, 0.25) is 0 Å². The van der Waals surface area contributed by atoms with Crippen molar-refractivity contribution in [2.75, 3.05) is 5.32 Å². The molecule has 0 aliphatic carbocycles. The van der Waals surface area contributed by atoms with Crippen LogP contribution in [0.15, 0.2) is 36.7 Å². The second-order valence-electron chi connectivity index (χ2n) is 3.88. The molecule has 4 heteroatoms. The van der Waals surface area contributed by atoms with E-state index in [9.17, 15) is 0 Å². The highest BCUT2D eigenvalue weighted by molar-refractivity contribution is 14.1. The predicted molar refractivity (Wildman–Crippen MR) is 75.1 cm³/mol. The van der Waals surface area contributed by atoms with Gasteiger partial charge in [0.15, 0.2) is 0 Å². The largest absolute Gasteiger partial charge is 0.326 e. The van der Waals surface area contributed by atoms with Crippen molar-refractivity contribution in [3.8, 4) is 0 Å². The van der Waals surface area contributed by atoms with Gasteiger partial charge >= 0.3 is 0 Å². The second-order valence-corrected chi connectivity index (χ2v) is 5.13. The average Bonchev–Trinajstić information content (AvgIpc) is 2.69. The standard InChI is InChI=1S/C12H14IN3/c1-9(2)16-8-7-14-12(16)15-11-5-3-10(13)4-6-11/h3-9H,1-2H3,(H,14,15). The first-order valence-corrected chi connectivity index (χ1v) is 6.30. The monoisotopic (exact) mass is 327 g/mol. The van der Waals surface area contributed by atoms with E-state index in [4.69, 9.17) is 0 Å². The number of anilines is 2. The number of benzene rings is 1. The summed E-state index contributed by atoms with van der Waals surface area (Å²) in [6.45, 7) is 4.28. The maximum Gasteiger partial charge on any atom is 0.207 e. The Hall–Kier alpha value is -1.04. The molecule has 0 unspecified atom stereocenters. The zero-order chi connectivity index (χ0) is 11.5. The summed E-state index contributed by atoms with van der Waals surface area (Å²) in [7, 11) is 0. The number of rotatable bonds is 3. The third-order valence-electron chi connectivity index (χ3n) is 2.33. The van der Waals surface area contributed by atoms with Gasteiger partial charge in [0.2, 0.25) is 5.95 Å².